The van der Waals surface area contributed by atoms with Crippen molar-refractivity contribution in [1.82, 2.24) is 62.1 Å². The summed E-state index contributed by atoms with van der Waals surface area (Å²) < 4.78 is 17.1. The van der Waals surface area contributed by atoms with Gasteiger partial charge in [-0.1, -0.05) is 53.7 Å². The molecule has 1 aromatic rings. The average molecular weight is 1400 g/mol. The minimum Gasteiger partial charge on any atom is -0.549 e. The summed E-state index contributed by atoms with van der Waals surface area (Å²) in [6.45, 7) is 7.97. The van der Waals surface area contributed by atoms with Gasteiger partial charge in [0.15, 0.2) is 0 Å². The van der Waals surface area contributed by atoms with Gasteiger partial charge < -0.3 is 102 Å². The summed E-state index contributed by atoms with van der Waals surface area (Å²) in [4.78, 5) is 191. The lowest BCUT2D eigenvalue weighted by Gasteiger charge is -2.44. The monoisotopic (exact) mass is 1400 g/mol. The number of nitrogens with zero attached hydrogens (tertiary/aromatic N) is 4. The standard InChI is InChI=1S/C60H95FN12O23Si/c1-59(2,3)97(61,60(4,5)6)38-14-12-37(13-15-38)52(86)64-32-43(66-47(77)33-70-24-26-71(34-49(80)81)28-30-73(36-51(84)85)31-29-72(27-25-70)35-50(82)83)53(87)67-40(55(90)91)10-7-8-22-62-44(74)19-20-45(75)63-23-9-11-39(54(88)89)65-46(76)18-16-41(56(92)93)68-58(96)69-42(57(94)95)17-21-48(78)79/h12-15,39-43H,7-11,16-36H2,1-6H3,(H,62,74)(H,63,75)(H,64,86)(H,65,76)(H,66,77)(H,67,87)(H,78,79)(H,80,81)(H,82,83)(H,84,85)(H,88,89)(H,90,91)(H,92,93)(H,94,95)(H2,68,69,96)/p-3/t39-,40+,41+,42+,43+/m1/s1. The van der Waals surface area contributed by atoms with Crippen LogP contribution in [0, 0.1) is 0 Å². The third kappa shape index (κ3) is 32.1. The van der Waals surface area contributed by atoms with Gasteiger partial charge in [0.25, 0.3) is 14.3 Å². The molecule has 0 spiro atoms. The summed E-state index contributed by atoms with van der Waals surface area (Å²) >= 11 is 0. The Kier molecular flexibility index (Phi) is 35.8. The van der Waals surface area contributed by atoms with Gasteiger partial charge in [-0.05, 0) is 72.3 Å². The van der Waals surface area contributed by atoms with Crippen molar-refractivity contribution in [3.63, 3.8) is 0 Å². The van der Waals surface area contributed by atoms with Crippen LogP contribution in [0.4, 0.5) is 8.90 Å². The van der Waals surface area contributed by atoms with Crippen molar-refractivity contribution in [2.24, 2.45) is 0 Å². The van der Waals surface area contributed by atoms with Crippen LogP contribution in [0.15, 0.2) is 24.3 Å². The zero-order valence-corrected chi connectivity index (χ0v) is 56.3. The Morgan fingerprint density at radius 1 is 0.443 bits per heavy atom. The normalized spacial score (nSPS) is 15.5. The Morgan fingerprint density at radius 2 is 0.814 bits per heavy atom. The largest absolute Gasteiger partial charge is 0.549 e. The zero-order valence-electron chi connectivity index (χ0n) is 55.3. The summed E-state index contributed by atoms with van der Waals surface area (Å²) in [5.41, 5.74) is 0.0635. The first-order valence-corrected chi connectivity index (χ1v) is 33.3. The molecule has 97 heavy (non-hydrogen) atoms. The summed E-state index contributed by atoms with van der Waals surface area (Å²) in [6, 6.07) is -3.53. The number of nitrogens with one attached hydrogen (secondary N) is 8. The van der Waals surface area contributed by atoms with Gasteiger partial charge in [-0.3, -0.25) is 53.2 Å². The number of urea groups is 1. The Hall–Kier alpha value is -8.94. The molecule has 37 heteroatoms. The molecular weight excluding hydrogens is 1300 g/mol. The van der Waals surface area contributed by atoms with Crippen LogP contribution in [-0.4, -0.2) is 271 Å². The van der Waals surface area contributed by atoms with E-state index >= 15 is 4.11 Å². The summed E-state index contributed by atoms with van der Waals surface area (Å²) in [6.07, 6.45) is -3.09. The highest BCUT2D eigenvalue weighted by Crippen LogP contribution is 2.51. The van der Waals surface area contributed by atoms with Gasteiger partial charge in [0.05, 0.1) is 24.5 Å². The number of benzene rings is 1. The Labute approximate surface area is 560 Å². The number of aliphatic carboxylic acids is 8. The van der Waals surface area contributed by atoms with E-state index in [2.05, 4.69) is 31.9 Å². The molecule has 1 fully saturated rings. The summed E-state index contributed by atoms with van der Waals surface area (Å²) in [7, 11) is -3.75. The minimum atomic E-state index is -3.75. The number of carboxylic acid groups (broad SMARTS) is 8. The maximum atomic E-state index is 17.1. The van der Waals surface area contributed by atoms with Crippen LogP contribution in [0.2, 0.25) is 10.1 Å². The quantitative estimate of drug-likeness (QED) is 0.0165. The third-order valence-corrected chi connectivity index (χ3v) is 20.9. The molecule has 0 saturated carbocycles. The van der Waals surface area contributed by atoms with Crippen LogP contribution in [-0.2, 0) is 62.3 Å². The molecule has 8 amide bonds. The first-order valence-electron chi connectivity index (χ1n) is 31.4. The highest BCUT2D eigenvalue weighted by atomic mass is 28.4. The third-order valence-electron chi connectivity index (χ3n) is 15.7. The van der Waals surface area contributed by atoms with Crippen LogP contribution in [0.25, 0.3) is 0 Å². The number of halogens is 1. The first-order chi connectivity index (χ1) is 45.2. The first kappa shape index (κ1) is 84.1. The number of hydrogen-bond acceptors (Lipinski definition) is 22. The summed E-state index contributed by atoms with van der Waals surface area (Å²) in [5, 5.41) is 100.0. The topological polar surface area (TPSA) is 536 Å². The fourth-order valence-electron chi connectivity index (χ4n) is 10.7. The predicted octanol–water partition coefficient (Wildman–Crippen LogP) is -5.95. The van der Waals surface area contributed by atoms with Crippen LogP contribution in [0.3, 0.4) is 0 Å². The van der Waals surface area contributed by atoms with E-state index < -0.39 is 196 Å². The van der Waals surface area contributed by atoms with Crippen LogP contribution >= 0.6 is 0 Å². The molecule has 0 bridgehead atoms. The second kappa shape index (κ2) is 41.2. The van der Waals surface area contributed by atoms with Gasteiger partial charge in [-0.15, -0.1) is 0 Å². The van der Waals surface area contributed by atoms with Crippen LogP contribution in [0.5, 0.6) is 0 Å². The van der Waals surface area contributed by atoms with E-state index in [4.69, 9.17) is 5.11 Å². The van der Waals surface area contributed by atoms with Crippen molar-refractivity contribution < 1.29 is 117 Å². The van der Waals surface area contributed by atoms with E-state index in [1.54, 1.807) is 0 Å². The number of rotatable bonds is 40. The molecule has 1 aliphatic heterocycles. The minimum absolute atomic E-state index is 0.00482. The van der Waals surface area contributed by atoms with Crippen molar-refractivity contribution >= 4 is 103 Å². The second-order valence-electron chi connectivity index (χ2n) is 25.4. The lowest BCUT2D eigenvalue weighted by atomic mass is 10.1. The smallest absolute Gasteiger partial charge is 0.326 e. The molecule has 13 N–H and O–H groups in total. The molecule has 1 saturated heterocycles. The van der Waals surface area contributed by atoms with E-state index in [9.17, 15) is 108 Å². The Bertz CT molecular complexity index is 2870. The number of amides is 8. The average Bonchev–Trinajstić information content (AvgIpc) is 0.749. The molecule has 5 atom stereocenters. The highest BCUT2D eigenvalue weighted by Gasteiger charge is 2.56. The lowest BCUT2D eigenvalue weighted by Crippen LogP contribution is -2.58. The molecule has 2 rings (SSSR count). The van der Waals surface area contributed by atoms with Gasteiger partial charge in [0.1, 0.15) is 30.2 Å². The molecule has 1 aromatic carbocycles. The molecule has 1 aliphatic rings. The van der Waals surface area contributed by atoms with Crippen molar-refractivity contribution in [2.45, 2.75) is 152 Å². The van der Waals surface area contributed by atoms with Gasteiger partial charge >= 0.3 is 35.9 Å². The van der Waals surface area contributed by atoms with E-state index in [1.165, 1.54) is 43.9 Å². The molecule has 1 heterocycles. The number of carbonyl (C=O) groups is 15. The maximum absolute atomic E-state index is 17.1. The maximum Gasteiger partial charge on any atom is 0.326 e. The fraction of sp³-hybridized carbons (Fsp3) is 0.650. The second-order valence-corrected chi connectivity index (χ2v) is 30.2. The van der Waals surface area contributed by atoms with Crippen molar-refractivity contribution in [2.75, 3.05) is 98.2 Å². The predicted molar refractivity (Wildman–Crippen MR) is 336 cm³/mol. The lowest BCUT2D eigenvalue weighted by molar-refractivity contribution is -0.308. The highest BCUT2D eigenvalue weighted by molar-refractivity contribution is 6.90. The number of unbranched alkanes of at least 4 members (excludes halogenated alkanes) is 1. The zero-order chi connectivity index (χ0) is 73.4. The number of carboxylic acids is 8. The van der Waals surface area contributed by atoms with Gasteiger partial charge in [0.2, 0.25) is 29.5 Å². The molecular formula is C60H92FN12O23Si-3. The van der Waals surface area contributed by atoms with Crippen molar-refractivity contribution in [3.8, 4) is 0 Å². The van der Waals surface area contributed by atoms with Gasteiger partial charge in [-0.25, -0.2) is 24.0 Å². The van der Waals surface area contributed by atoms with E-state index in [1.807, 2.05) is 52.2 Å². The molecule has 0 radical (unpaired) electrons. The summed E-state index contributed by atoms with van der Waals surface area (Å²) in [5.74, 6) is -16.6. The number of hydrogen-bond donors (Lipinski definition) is 13. The van der Waals surface area contributed by atoms with E-state index in [0.29, 0.717) is 5.19 Å². The van der Waals surface area contributed by atoms with Crippen molar-refractivity contribution in [3.05, 3.63) is 29.8 Å². The molecule has 35 nitrogen and oxygen atoms in total. The number of carbonyl (C=O) groups excluding carboxylic acids is 10. The molecule has 0 aromatic heterocycles. The van der Waals surface area contributed by atoms with Crippen LogP contribution in [0.1, 0.15) is 123 Å². The Morgan fingerprint density at radius 3 is 1.22 bits per heavy atom. The van der Waals surface area contributed by atoms with E-state index in [-0.39, 0.29) is 116 Å². The molecule has 0 unspecified atom stereocenters. The van der Waals surface area contributed by atoms with Crippen molar-refractivity contribution in [1.29, 1.82) is 0 Å². The van der Waals surface area contributed by atoms with Gasteiger partial charge in [-0.2, -0.15) is 0 Å². The molecule has 0 aliphatic carbocycles. The Balaban J connectivity index is 2.11. The fourth-order valence-corrected chi connectivity index (χ4v) is 15.3. The van der Waals surface area contributed by atoms with E-state index in [0.717, 1.165) is 0 Å². The van der Waals surface area contributed by atoms with Crippen LogP contribution < -0.4 is 63.0 Å². The molecule has 544 valence electrons. The SMILES string of the molecule is CC(C)(C)[Si](F)(c1ccc(C(=O)NC[C@H](NC(=O)CN2CCN(CC(=O)[O-])CCN(CC(=O)[O-])CCN(CC(=O)[O-])CC2)C(=O)N[C@@H](CCCCNC(=O)CCC(=O)NCCC[C@@H](NC(=O)CC[C@H](NC(=O)N[C@@H](CCC(=O)O)C(=O)O)C(=O)O)C(=O)O)C(=O)O)cc1)C(C)(C)C. The van der Waals surface area contributed by atoms with Gasteiger partial charge in [0, 0.05) is 123 Å².